The second-order valence-corrected chi connectivity index (χ2v) is 5.06. The third-order valence-corrected chi connectivity index (χ3v) is 3.64. The molecule has 16 heavy (non-hydrogen) atoms. The Morgan fingerprint density at radius 1 is 1.25 bits per heavy atom. The van der Waals surface area contributed by atoms with Crippen LogP contribution >= 0.6 is 15.9 Å². The highest BCUT2D eigenvalue weighted by atomic mass is 79.9. The van der Waals surface area contributed by atoms with Gasteiger partial charge >= 0.3 is 0 Å². The van der Waals surface area contributed by atoms with Gasteiger partial charge in [-0.1, -0.05) is 28.1 Å². The summed E-state index contributed by atoms with van der Waals surface area (Å²) in [4.78, 5) is 4.49. The molecule has 0 spiro atoms. The number of rotatable bonds is 2. The summed E-state index contributed by atoms with van der Waals surface area (Å²) >= 11 is 3.46. The number of hydrogen-bond donors (Lipinski definition) is 1. The average Bonchev–Trinajstić information content (AvgIpc) is 2.34. The summed E-state index contributed by atoms with van der Waals surface area (Å²) in [6.07, 6.45) is 2.39. The summed E-state index contributed by atoms with van der Waals surface area (Å²) in [6.45, 7) is 2.22. The van der Waals surface area contributed by atoms with Crippen molar-refractivity contribution in [3.8, 4) is 0 Å². The Labute approximate surface area is 105 Å². The van der Waals surface area contributed by atoms with Crippen molar-refractivity contribution < 1.29 is 0 Å². The number of aliphatic imine (C=N–C) groups is 1. The van der Waals surface area contributed by atoms with E-state index in [4.69, 9.17) is 0 Å². The molecule has 0 amide bonds. The van der Waals surface area contributed by atoms with Gasteiger partial charge in [0.2, 0.25) is 0 Å². The number of piperidine rings is 1. The smallest absolute Gasteiger partial charge is 0.0448 e. The molecule has 1 aliphatic heterocycles. The van der Waals surface area contributed by atoms with Crippen LogP contribution in [0.2, 0.25) is 0 Å². The van der Waals surface area contributed by atoms with Crippen LogP contribution in [0.5, 0.6) is 0 Å². The lowest BCUT2D eigenvalue weighted by Crippen LogP contribution is -2.32. The van der Waals surface area contributed by atoms with Gasteiger partial charge < -0.3 is 5.32 Å². The van der Waals surface area contributed by atoms with Crippen LogP contribution in [-0.4, -0.2) is 25.8 Å². The number of nitrogens with one attached hydrogen (secondary N) is 1. The normalized spacial score (nSPS) is 18.8. The van der Waals surface area contributed by atoms with Crippen molar-refractivity contribution in [1.29, 1.82) is 0 Å². The molecule has 2 rings (SSSR count). The van der Waals surface area contributed by atoms with E-state index in [-0.39, 0.29) is 0 Å². The molecule has 1 aromatic rings. The molecule has 2 nitrogen and oxygen atoms in total. The highest BCUT2D eigenvalue weighted by molar-refractivity contribution is 9.10. The quantitative estimate of drug-likeness (QED) is 0.828. The molecule has 1 N–H and O–H groups in total. The summed E-state index contributed by atoms with van der Waals surface area (Å²) in [5.74, 6) is 0.618. The minimum Gasteiger partial charge on any atom is -0.317 e. The molecule has 86 valence electrons. The molecule has 0 unspecified atom stereocenters. The Hall–Kier alpha value is -0.670. The molecule has 1 saturated heterocycles. The third kappa shape index (κ3) is 2.71. The molecule has 0 atom stereocenters. The van der Waals surface area contributed by atoms with Gasteiger partial charge in [0, 0.05) is 23.1 Å². The monoisotopic (exact) mass is 280 g/mol. The van der Waals surface area contributed by atoms with Gasteiger partial charge in [-0.15, -0.1) is 0 Å². The van der Waals surface area contributed by atoms with E-state index in [0.717, 1.165) is 17.6 Å². The van der Waals surface area contributed by atoms with E-state index in [1.165, 1.54) is 24.1 Å². The van der Waals surface area contributed by atoms with Crippen molar-refractivity contribution in [1.82, 2.24) is 5.32 Å². The van der Waals surface area contributed by atoms with Crippen molar-refractivity contribution in [3.63, 3.8) is 0 Å². The van der Waals surface area contributed by atoms with Crippen molar-refractivity contribution in [2.75, 3.05) is 20.1 Å². The van der Waals surface area contributed by atoms with E-state index in [1.54, 1.807) is 0 Å². The van der Waals surface area contributed by atoms with Crippen LogP contribution in [0.4, 0.5) is 0 Å². The van der Waals surface area contributed by atoms with Crippen LogP contribution in [-0.2, 0) is 0 Å². The van der Waals surface area contributed by atoms with Gasteiger partial charge in [-0.05, 0) is 43.6 Å². The Balaban J connectivity index is 2.18. The van der Waals surface area contributed by atoms with Gasteiger partial charge in [0.05, 0.1) is 0 Å². The summed E-state index contributed by atoms with van der Waals surface area (Å²) < 4.78 is 1.12. The maximum Gasteiger partial charge on any atom is 0.0448 e. The molecule has 0 radical (unpaired) electrons. The molecule has 0 saturated carbocycles. The van der Waals surface area contributed by atoms with Crippen LogP contribution in [0.1, 0.15) is 18.4 Å². The lowest BCUT2D eigenvalue weighted by molar-refractivity contribution is 0.457. The fraction of sp³-hybridized carbons (Fsp3) is 0.462. The maximum atomic E-state index is 4.49. The first-order chi connectivity index (χ1) is 7.81. The first-order valence-corrected chi connectivity index (χ1v) is 6.54. The standard InChI is InChI=1S/C13H17BrN2/c1-15-13(11-6-8-16-9-7-11)10-2-4-12(14)5-3-10/h2-5,11,16H,6-9H2,1H3. The number of benzene rings is 1. The van der Waals surface area contributed by atoms with Crippen molar-refractivity contribution in [2.24, 2.45) is 10.9 Å². The van der Waals surface area contributed by atoms with E-state index in [0.29, 0.717) is 5.92 Å². The van der Waals surface area contributed by atoms with Gasteiger partial charge in [0.25, 0.3) is 0 Å². The van der Waals surface area contributed by atoms with Crippen LogP contribution in [0, 0.1) is 5.92 Å². The van der Waals surface area contributed by atoms with Crippen LogP contribution in [0.15, 0.2) is 33.7 Å². The molecule has 0 bridgehead atoms. The first kappa shape index (κ1) is 11.8. The Morgan fingerprint density at radius 3 is 2.44 bits per heavy atom. The van der Waals surface area contributed by atoms with Gasteiger partial charge in [-0.2, -0.15) is 0 Å². The van der Waals surface area contributed by atoms with E-state index >= 15 is 0 Å². The Bertz CT molecular complexity index is 364. The second-order valence-electron chi connectivity index (χ2n) is 4.14. The molecule has 0 aliphatic carbocycles. The minimum absolute atomic E-state index is 0.618. The predicted molar refractivity (Wildman–Crippen MR) is 72.2 cm³/mol. The molecule has 1 fully saturated rings. The topological polar surface area (TPSA) is 24.4 Å². The summed E-state index contributed by atoms with van der Waals surface area (Å²) in [6, 6.07) is 8.46. The van der Waals surface area contributed by atoms with Crippen LogP contribution in [0.25, 0.3) is 0 Å². The Morgan fingerprint density at radius 2 is 1.88 bits per heavy atom. The molecule has 0 aromatic heterocycles. The van der Waals surface area contributed by atoms with Crippen LogP contribution in [0.3, 0.4) is 0 Å². The molecule has 1 heterocycles. The lowest BCUT2D eigenvalue weighted by atomic mass is 9.89. The van der Waals surface area contributed by atoms with Crippen molar-refractivity contribution in [2.45, 2.75) is 12.8 Å². The van der Waals surface area contributed by atoms with Gasteiger partial charge in [0.1, 0.15) is 0 Å². The fourth-order valence-corrected chi connectivity index (χ4v) is 2.53. The van der Waals surface area contributed by atoms with Crippen molar-refractivity contribution in [3.05, 3.63) is 34.3 Å². The Kier molecular flexibility index (Phi) is 4.13. The van der Waals surface area contributed by atoms with Gasteiger partial charge in [-0.3, -0.25) is 4.99 Å². The van der Waals surface area contributed by atoms with E-state index in [2.05, 4.69) is 50.5 Å². The third-order valence-electron chi connectivity index (χ3n) is 3.11. The zero-order valence-electron chi connectivity index (χ0n) is 9.54. The minimum atomic E-state index is 0.618. The zero-order valence-corrected chi connectivity index (χ0v) is 11.1. The molecule has 1 aliphatic rings. The SMILES string of the molecule is CN=C(c1ccc(Br)cc1)C1CCNCC1. The average molecular weight is 281 g/mol. The summed E-state index contributed by atoms with van der Waals surface area (Å²) in [5, 5.41) is 3.39. The second kappa shape index (κ2) is 5.60. The molecular formula is C13H17BrN2. The number of nitrogens with zero attached hydrogens (tertiary/aromatic N) is 1. The molecule has 1 aromatic carbocycles. The number of halogens is 1. The number of hydrogen-bond acceptors (Lipinski definition) is 2. The summed E-state index contributed by atoms with van der Waals surface area (Å²) in [5.41, 5.74) is 2.52. The van der Waals surface area contributed by atoms with E-state index < -0.39 is 0 Å². The molecular weight excluding hydrogens is 264 g/mol. The highest BCUT2D eigenvalue weighted by Gasteiger charge is 2.19. The first-order valence-electron chi connectivity index (χ1n) is 5.74. The largest absolute Gasteiger partial charge is 0.317 e. The van der Waals surface area contributed by atoms with Crippen molar-refractivity contribution >= 4 is 21.6 Å². The predicted octanol–water partition coefficient (Wildman–Crippen LogP) is 2.87. The summed E-state index contributed by atoms with van der Waals surface area (Å²) in [7, 11) is 1.90. The fourth-order valence-electron chi connectivity index (χ4n) is 2.26. The van der Waals surface area contributed by atoms with E-state index in [1.807, 2.05) is 7.05 Å². The lowest BCUT2D eigenvalue weighted by Gasteiger charge is -2.24. The highest BCUT2D eigenvalue weighted by Crippen LogP contribution is 2.20. The molecule has 3 heteroatoms. The zero-order chi connectivity index (χ0) is 11.4. The van der Waals surface area contributed by atoms with Gasteiger partial charge in [0.15, 0.2) is 0 Å². The van der Waals surface area contributed by atoms with Crippen LogP contribution < -0.4 is 5.32 Å². The van der Waals surface area contributed by atoms with E-state index in [9.17, 15) is 0 Å². The van der Waals surface area contributed by atoms with Gasteiger partial charge in [-0.25, -0.2) is 0 Å². The maximum absolute atomic E-state index is 4.49.